The molecule has 0 bridgehead atoms. The fourth-order valence-electron chi connectivity index (χ4n) is 4.00. The second-order valence-corrected chi connectivity index (χ2v) is 10.3. The summed E-state index contributed by atoms with van der Waals surface area (Å²) in [6.07, 6.45) is 0. The molecular weight excluding hydrogens is 473 g/mol. The Bertz CT molecular complexity index is 1380. The Labute approximate surface area is 203 Å². The summed E-state index contributed by atoms with van der Waals surface area (Å²) in [4.78, 5) is 25.8. The van der Waals surface area contributed by atoms with E-state index >= 15 is 0 Å². The largest absolute Gasteiger partial charge is 0.340 e. The van der Waals surface area contributed by atoms with E-state index in [0.29, 0.717) is 13.1 Å². The number of piperazine rings is 1. The summed E-state index contributed by atoms with van der Waals surface area (Å²) in [7, 11) is -3.75. The highest BCUT2D eigenvalue weighted by Gasteiger charge is 2.29. The van der Waals surface area contributed by atoms with E-state index in [2.05, 4.69) is 10.4 Å². The predicted octanol–water partition coefficient (Wildman–Crippen LogP) is 2.73. The predicted molar refractivity (Wildman–Crippen MR) is 128 cm³/mol. The normalized spacial score (nSPS) is 14.7. The van der Waals surface area contributed by atoms with Gasteiger partial charge < -0.3 is 10.2 Å². The van der Waals surface area contributed by atoms with Gasteiger partial charge in [0.05, 0.1) is 10.6 Å². The molecule has 1 aliphatic heterocycles. The number of carbonyl (C=O) groups excluding carboxylic acids is 2. The van der Waals surface area contributed by atoms with E-state index in [1.165, 1.54) is 52.3 Å². The summed E-state index contributed by atoms with van der Waals surface area (Å²) in [5, 5.41) is 6.90. The molecule has 9 nitrogen and oxygen atoms in total. The molecule has 11 heteroatoms. The number of sulfonamides is 1. The lowest BCUT2D eigenvalue weighted by Gasteiger charge is -2.33. The Kier molecular flexibility index (Phi) is 6.73. The third-order valence-electron chi connectivity index (χ3n) is 5.88. The molecular formula is C24H26FN5O4S. The molecule has 1 N–H and O–H groups in total. The van der Waals surface area contributed by atoms with Gasteiger partial charge in [0, 0.05) is 50.0 Å². The highest BCUT2D eigenvalue weighted by atomic mass is 32.2. The van der Waals surface area contributed by atoms with Crippen molar-refractivity contribution in [2.75, 3.05) is 31.5 Å². The molecule has 184 valence electrons. The highest BCUT2D eigenvalue weighted by Crippen LogP contribution is 2.22. The van der Waals surface area contributed by atoms with Gasteiger partial charge in [-0.05, 0) is 62.4 Å². The summed E-state index contributed by atoms with van der Waals surface area (Å²) < 4.78 is 43.4. The molecule has 1 aliphatic rings. The van der Waals surface area contributed by atoms with Gasteiger partial charge in [-0.25, -0.2) is 17.5 Å². The molecule has 0 radical (unpaired) electrons. The Hall–Kier alpha value is -3.57. The summed E-state index contributed by atoms with van der Waals surface area (Å²) in [5.74, 6) is -1.12. The molecule has 0 saturated carbocycles. The molecule has 1 fully saturated rings. The van der Waals surface area contributed by atoms with Crippen LogP contribution in [0.5, 0.6) is 0 Å². The quantitative estimate of drug-likeness (QED) is 0.581. The second kappa shape index (κ2) is 9.59. The Morgan fingerprint density at radius 2 is 1.63 bits per heavy atom. The Morgan fingerprint density at radius 1 is 0.971 bits per heavy atom. The van der Waals surface area contributed by atoms with E-state index in [1.807, 2.05) is 19.9 Å². The number of halogens is 1. The maximum Gasteiger partial charge on any atom is 0.255 e. The van der Waals surface area contributed by atoms with Gasteiger partial charge in [0.1, 0.15) is 5.69 Å². The summed E-state index contributed by atoms with van der Waals surface area (Å²) in [6.45, 7) is 6.20. The van der Waals surface area contributed by atoms with E-state index in [9.17, 15) is 22.4 Å². The zero-order valence-corrected chi connectivity index (χ0v) is 20.5. The minimum atomic E-state index is -3.75. The highest BCUT2D eigenvalue weighted by molar-refractivity contribution is 7.89. The maximum absolute atomic E-state index is 14.7. The Balaban J connectivity index is 1.44. The summed E-state index contributed by atoms with van der Waals surface area (Å²) >= 11 is 0. The smallest absolute Gasteiger partial charge is 0.255 e. The van der Waals surface area contributed by atoms with Crippen molar-refractivity contribution in [3.63, 3.8) is 0 Å². The van der Waals surface area contributed by atoms with Crippen molar-refractivity contribution < 1.29 is 22.4 Å². The molecule has 0 atom stereocenters. The van der Waals surface area contributed by atoms with Crippen LogP contribution in [-0.2, 0) is 14.8 Å². The van der Waals surface area contributed by atoms with Crippen molar-refractivity contribution >= 4 is 27.5 Å². The number of carbonyl (C=O) groups is 2. The second-order valence-electron chi connectivity index (χ2n) is 8.39. The minimum absolute atomic E-state index is 0.0607. The molecule has 1 aromatic heterocycles. The fraction of sp³-hybridized carbons (Fsp3) is 0.292. The number of benzene rings is 2. The van der Waals surface area contributed by atoms with Crippen molar-refractivity contribution in [1.29, 1.82) is 0 Å². The average molecular weight is 500 g/mol. The minimum Gasteiger partial charge on any atom is -0.340 e. The third kappa shape index (κ3) is 5.10. The average Bonchev–Trinajstić information content (AvgIpc) is 3.16. The molecule has 1 saturated heterocycles. The van der Waals surface area contributed by atoms with Gasteiger partial charge >= 0.3 is 0 Å². The number of rotatable bonds is 5. The molecule has 3 aromatic rings. The van der Waals surface area contributed by atoms with Crippen molar-refractivity contribution in [1.82, 2.24) is 19.0 Å². The number of hydrogen-bond donors (Lipinski definition) is 1. The zero-order chi connectivity index (χ0) is 25.3. The lowest BCUT2D eigenvalue weighted by molar-refractivity contribution is -0.129. The van der Waals surface area contributed by atoms with Gasteiger partial charge in [-0.15, -0.1) is 0 Å². The van der Waals surface area contributed by atoms with Crippen molar-refractivity contribution in [2.45, 2.75) is 25.7 Å². The standard InChI is InChI=1S/C24H26FN5O4S/c1-16-14-17(2)30(27-16)23-9-6-20(15-22(23)25)26-24(32)19-4-7-21(8-5-19)35(33,34)29-12-10-28(11-13-29)18(3)31/h4-9,14-15H,10-13H2,1-3H3,(H,26,32). The molecule has 2 amide bonds. The van der Waals surface area contributed by atoms with E-state index in [0.717, 1.165) is 11.4 Å². The van der Waals surface area contributed by atoms with Crippen LogP contribution < -0.4 is 5.32 Å². The first-order valence-electron chi connectivity index (χ1n) is 11.1. The number of nitrogens with zero attached hydrogens (tertiary/aromatic N) is 4. The van der Waals surface area contributed by atoms with Gasteiger partial charge in [-0.1, -0.05) is 0 Å². The lowest BCUT2D eigenvalue weighted by Crippen LogP contribution is -2.49. The van der Waals surface area contributed by atoms with E-state index < -0.39 is 21.7 Å². The van der Waals surface area contributed by atoms with E-state index in [4.69, 9.17) is 0 Å². The van der Waals surface area contributed by atoms with Crippen LogP contribution >= 0.6 is 0 Å². The van der Waals surface area contributed by atoms with E-state index in [1.54, 1.807) is 11.0 Å². The number of aryl methyl sites for hydroxylation is 2. The summed E-state index contributed by atoms with van der Waals surface area (Å²) in [6, 6.07) is 11.7. The number of aromatic nitrogens is 2. The first-order chi connectivity index (χ1) is 16.6. The van der Waals surface area contributed by atoms with Crippen LogP contribution in [0.15, 0.2) is 53.4 Å². The van der Waals surface area contributed by atoms with Crippen LogP contribution in [0.1, 0.15) is 28.7 Å². The maximum atomic E-state index is 14.7. The van der Waals surface area contributed by atoms with Crippen LogP contribution in [0, 0.1) is 19.7 Å². The van der Waals surface area contributed by atoms with Crippen LogP contribution in [-0.4, -0.2) is 65.4 Å². The molecule has 0 unspecified atom stereocenters. The number of hydrogen-bond acceptors (Lipinski definition) is 5. The van der Waals surface area contributed by atoms with E-state index in [-0.39, 0.29) is 40.8 Å². The number of anilines is 1. The van der Waals surface area contributed by atoms with Crippen LogP contribution in [0.2, 0.25) is 0 Å². The van der Waals surface area contributed by atoms with Gasteiger partial charge in [0.25, 0.3) is 5.91 Å². The zero-order valence-electron chi connectivity index (χ0n) is 19.7. The fourth-order valence-corrected chi connectivity index (χ4v) is 5.43. The van der Waals surface area contributed by atoms with Crippen LogP contribution in [0.4, 0.5) is 10.1 Å². The van der Waals surface area contributed by atoms with Crippen molar-refractivity contribution in [3.05, 3.63) is 71.3 Å². The molecule has 2 heterocycles. The number of amides is 2. The first-order valence-corrected chi connectivity index (χ1v) is 12.5. The van der Waals surface area contributed by atoms with Gasteiger partial charge in [-0.3, -0.25) is 9.59 Å². The molecule has 4 rings (SSSR count). The molecule has 2 aromatic carbocycles. The number of nitrogens with one attached hydrogen (secondary N) is 1. The topological polar surface area (TPSA) is 105 Å². The first kappa shape index (κ1) is 24.6. The monoisotopic (exact) mass is 499 g/mol. The lowest BCUT2D eigenvalue weighted by atomic mass is 10.2. The van der Waals surface area contributed by atoms with Gasteiger partial charge in [0.15, 0.2) is 5.82 Å². The third-order valence-corrected chi connectivity index (χ3v) is 7.79. The summed E-state index contributed by atoms with van der Waals surface area (Å²) in [5.41, 5.74) is 2.32. The molecule has 35 heavy (non-hydrogen) atoms. The molecule has 0 spiro atoms. The van der Waals surface area contributed by atoms with Crippen LogP contribution in [0.3, 0.4) is 0 Å². The van der Waals surface area contributed by atoms with Crippen molar-refractivity contribution in [3.8, 4) is 5.69 Å². The SMILES string of the molecule is CC(=O)N1CCN(S(=O)(=O)c2ccc(C(=O)Nc3ccc(-n4nc(C)cc4C)c(F)c3)cc2)CC1. The van der Waals surface area contributed by atoms with Gasteiger partial charge in [0.2, 0.25) is 15.9 Å². The van der Waals surface area contributed by atoms with Crippen LogP contribution in [0.25, 0.3) is 5.69 Å². The van der Waals surface area contributed by atoms with Gasteiger partial charge in [-0.2, -0.15) is 9.40 Å². The molecule has 0 aliphatic carbocycles. The Morgan fingerprint density at radius 3 is 2.17 bits per heavy atom. The van der Waals surface area contributed by atoms with Crippen molar-refractivity contribution in [2.24, 2.45) is 0 Å².